The monoisotopic (exact) mass is 180 g/mol. The molecule has 0 aromatic heterocycles. The van der Waals surface area contributed by atoms with Crippen LogP contribution >= 0.6 is 0 Å². The minimum absolute atomic E-state index is 0. The zero-order chi connectivity index (χ0) is 6.57. The van der Waals surface area contributed by atoms with E-state index in [4.69, 9.17) is 11.5 Å². The molecular formula is C4H8N2O2Zn+2. The molecule has 0 aliphatic carbocycles. The molecule has 0 aromatic carbocycles. The summed E-state index contributed by atoms with van der Waals surface area (Å²) in [7, 11) is 0. The number of nitrogens with two attached hydrogens (primary N) is 2. The van der Waals surface area contributed by atoms with Crippen LogP contribution in [0.25, 0.3) is 0 Å². The Labute approximate surface area is 65.7 Å². The molecule has 4 N–H and O–H groups in total. The standard InChI is InChI=1S/C4H8N2O2.Zn/c5-3(7)1-2-4(6)8;/h1-2H2,(H2,5,7)(H2,6,8);/q;+2. The summed E-state index contributed by atoms with van der Waals surface area (Å²) in [6.45, 7) is 0. The van der Waals surface area contributed by atoms with Gasteiger partial charge < -0.3 is 11.5 Å². The van der Waals surface area contributed by atoms with Crippen LogP contribution in [0.4, 0.5) is 0 Å². The molecule has 0 aliphatic heterocycles. The third-order valence-electron chi connectivity index (χ3n) is 0.618. The maximum atomic E-state index is 9.92. The minimum atomic E-state index is -0.496. The smallest absolute Gasteiger partial charge is 0.370 e. The van der Waals surface area contributed by atoms with E-state index in [9.17, 15) is 9.59 Å². The minimum Gasteiger partial charge on any atom is -0.370 e. The van der Waals surface area contributed by atoms with Gasteiger partial charge in [0.1, 0.15) is 0 Å². The molecule has 0 saturated carbocycles. The Kier molecular flexibility index (Phi) is 7.20. The molecular weight excluding hydrogens is 173 g/mol. The first-order valence-electron chi connectivity index (χ1n) is 2.19. The third-order valence-corrected chi connectivity index (χ3v) is 0.618. The zero-order valence-electron chi connectivity index (χ0n) is 5.09. The second-order valence-corrected chi connectivity index (χ2v) is 1.43. The summed E-state index contributed by atoms with van der Waals surface area (Å²) in [5.74, 6) is -0.993. The molecule has 2 amide bonds. The average molecular weight is 182 g/mol. The van der Waals surface area contributed by atoms with Crippen molar-refractivity contribution in [2.45, 2.75) is 12.8 Å². The number of hydrogen-bond acceptors (Lipinski definition) is 2. The van der Waals surface area contributed by atoms with Crippen LogP contribution in [0.2, 0.25) is 0 Å². The topological polar surface area (TPSA) is 86.2 Å². The Morgan fingerprint density at radius 1 is 1.00 bits per heavy atom. The van der Waals surface area contributed by atoms with Gasteiger partial charge in [-0.15, -0.1) is 0 Å². The predicted octanol–water partition coefficient (Wildman–Crippen LogP) is -1.27. The number of hydrogen-bond donors (Lipinski definition) is 2. The molecule has 46 valence electrons. The molecule has 9 heavy (non-hydrogen) atoms. The summed E-state index contributed by atoms with van der Waals surface area (Å²) in [5.41, 5.74) is 9.39. The van der Waals surface area contributed by atoms with E-state index in [0.29, 0.717) is 0 Å². The second-order valence-electron chi connectivity index (χ2n) is 1.43. The van der Waals surface area contributed by atoms with E-state index in [1.807, 2.05) is 0 Å². The summed E-state index contributed by atoms with van der Waals surface area (Å²) in [4.78, 5) is 19.8. The molecule has 0 saturated heterocycles. The maximum Gasteiger partial charge on any atom is 2.00 e. The van der Waals surface area contributed by atoms with Crippen molar-refractivity contribution in [3.63, 3.8) is 0 Å². The van der Waals surface area contributed by atoms with Crippen LogP contribution < -0.4 is 11.5 Å². The summed E-state index contributed by atoms with van der Waals surface area (Å²) >= 11 is 0. The van der Waals surface area contributed by atoms with E-state index >= 15 is 0 Å². The van der Waals surface area contributed by atoms with Gasteiger partial charge in [-0.3, -0.25) is 9.59 Å². The molecule has 5 heteroatoms. The van der Waals surface area contributed by atoms with E-state index in [0.717, 1.165) is 0 Å². The van der Waals surface area contributed by atoms with Gasteiger partial charge >= 0.3 is 19.5 Å². The largest absolute Gasteiger partial charge is 2.00 e. The summed E-state index contributed by atoms with van der Waals surface area (Å²) in [5, 5.41) is 0. The average Bonchev–Trinajstić information content (AvgIpc) is 1.61. The molecule has 0 spiro atoms. The zero-order valence-corrected chi connectivity index (χ0v) is 8.06. The first-order chi connectivity index (χ1) is 3.63. The van der Waals surface area contributed by atoms with Crippen molar-refractivity contribution >= 4 is 11.8 Å². The number of carbonyl (C=O) groups excluding carboxylic acids is 2. The van der Waals surface area contributed by atoms with Gasteiger partial charge in [0, 0.05) is 12.8 Å². The fourth-order valence-electron chi connectivity index (χ4n) is 0.246. The van der Waals surface area contributed by atoms with Gasteiger partial charge in [0.25, 0.3) is 0 Å². The number of carbonyl (C=O) groups is 2. The molecule has 0 radical (unpaired) electrons. The Morgan fingerprint density at radius 3 is 1.33 bits per heavy atom. The first-order valence-corrected chi connectivity index (χ1v) is 2.19. The van der Waals surface area contributed by atoms with E-state index in [1.165, 1.54) is 0 Å². The van der Waals surface area contributed by atoms with Gasteiger partial charge in [-0.25, -0.2) is 0 Å². The van der Waals surface area contributed by atoms with Crippen LogP contribution in [0, 0.1) is 0 Å². The SMILES string of the molecule is NC(=O)CCC(N)=O.[Zn+2]. The summed E-state index contributed by atoms with van der Waals surface area (Å²) in [6, 6.07) is 0. The van der Waals surface area contributed by atoms with Crippen molar-refractivity contribution in [1.82, 2.24) is 0 Å². The third kappa shape index (κ3) is 11.2. The quantitative estimate of drug-likeness (QED) is 0.532. The van der Waals surface area contributed by atoms with Crippen LogP contribution in [0.15, 0.2) is 0 Å². The summed E-state index contributed by atoms with van der Waals surface area (Å²) in [6.07, 6.45) is 0.102. The fraction of sp³-hybridized carbons (Fsp3) is 0.500. The van der Waals surface area contributed by atoms with Crippen molar-refractivity contribution in [2.24, 2.45) is 11.5 Å². The molecule has 0 rings (SSSR count). The second kappa shape index (κ2) is 5.70. The van der Waals surface area contributed by atoms with E-state index in [2.05, 4.69) is 0 Å². The predicted molar refractivity (Wildman–Crippen MR) is 27.6 cm³/mol. The van der Waals surface area contributed by atoms with Crippen LogP contribution in [0.5, 0.6) is 0 Å². The van der Waals surface area contributed by atoms with E-state index < -0.39 is 11.8 Å². The van der Waals surface area contributed by atoms with Crippen molar-refractivity contribution in [2.75, 3.05) is 0 Å². The van der Waals surface area contributed by atoms with Crippen molar-refractivity contribution < 1.29 is 29.1 Å². The van der Waals surface area contributed by atoms with Gasteiger partial charge in [0.15, 0.2) is 0 Å². The normalized spacial score (nSPS) is 7.56. The molecule has 4 nitrogen and oxygen atoms in total. The number of rotatable bonds is 3. The molecule has 0 fully saturated rings. The van der Waals surface area contributed by atoms with Gasteiger partial charge in [0.05, 0.1) is 0 Å². The molecule has 0 heterocycles. The van der Waals surface area contributed by atoms with Crippen LogP contribution in [-0.4, -0.2) is 11.8 Å². The van der Waals surface area contributed by atoms with E-state index in [1.54, 1.807) is 0 Å². The Morgan fingerprint density at radius 2 is 1.22 bits per heavy atom. The molecule has 0 atom stereocenters. The van der Waals surface area contributed by atoms with Crippen molar-refractivity contribution in [1.29, 1.82) is 0 Å². The maximum absolute atomic E-state index is 9.92. The van der Waals surface area contributed by atoms with Gasteiger partial charge in [-0.05, 0) is 0 Å². The molecule has 0 aromatic rings. The van der Waals surface area contributed by atoms with Gasteiger partial charge in [0.2, 0.25) is 11.8 Å². The van der Waals surface area contributed by atoms with Gasteiger partial charge in [-0.1, -0.05) is 0 Å². The Hall–Kier alpha value is -0.437. The molecule has 0 bridgehead atoms. The van der Waals surface area contributed by atoms with Crippen LogP contribution in [0.1, 0.15) is 12.8 Å². The number of primary amides is 2. The van der Waals surface area contributed by atoms with E-state index in [-0.39, 0.29) is 32.3 Å². The summed E-state index contributed by atoms with van der Waals surface area (Å²) < 4.78 is 0. The van der Waals surface area contributed by atoms with Crippen LogP contribution in [0.3, 0.4) is 0 Å². The first kappa shape index (κ1) is 11.4. The Balaban J connectivity index is 0. The van der Waals surface area contributed by atoms with Crippen molar-refractivity contribution in [3.8, 4) is 0 Å². The fourth-order valence-corrected chi connectivity index (χ4v) is 0.246. The number of amides is 2. The molecule has 0 unspecified atom stereocenters. The van der Waals surface area contributed by atoms with Gasteiger partial charge in [-0.2, -0.15) is 0 Å². The molecule has 0 aliphatic rings. The van der Waals surface area contributed by atoms with Crippen LogP contribution in [-0.2, 0) is 29.1 Å². The Bertz CT molecular complexity index is 101. The van der Waals surface area contributed by atoms with Crippen molar-refractivity contribution in [3.05, 3.63) is 0 Å².